The van der Waals surface area contributed by atoms with Crippen LogP contribution in [0.5, 0.6) is 5.75 Å². The van der Waals surface area contributed by atoms with Crippen molar-refractivity contribution in [3.63, 3.8) is 0 Å². The number of hydrogen-bond acceptors (Lipinski definition) is 13. The summed E-state index contributed by atoms with van der Waals surface area (Å²) >= 11 is 0. The molecule has 0 bridgehead atoms. The number of benzene rings is 2. The number of ether oxygens (including phenoxy) is 6. The fraction of sp³-hybridized carbons (Fsp3) is 0.333. The molecule has 1 fully saturated rings. The predicted octanol–water partition coefficient (Wildman–Crippen LogP) is 3.78. The van der Waals surface area contributed by atoms with Crippen LogP contribution in [0.1, 0.15) is 33.5 Å². The third-order valence-corrected chi connectivity index (χ3v) is 7.09. The van der Waals surface area contributed by atoms with Gasteiger partial charge in [-0.25, -0.2) is 4.98 Å². The van der Waals surface area contributed by atoms with Crippen LogP contribution < -0.4 is 10.2 Å². The molecule has 0 aliphatic carbocycles. The topological polar surface area (TPSA) is 167 Å². The van der Waals surface area contributed by atoms with Crippen molar-refractivity contribution in [2.24, 2.45) is 0 Å². The first-order valence-electron chi connectivity index (χ1n) is 14.3. The lowest BCUT2D eigenvalue weighted by molar-refractivity contribution is -0.288. The SMILES string of the molecule is CC(=O)OC[C@@H]1O[C@@H](Oc2ccc3c(=O)c(-c4ccc5ccccc5n4)c(C)oc3c2)[C@H](OC(C)=O)[C@H](OC(C)=O)[C@@H]1OC(C)=O. The number of carbonyl (C=O) groups is 4. The highest BCUT2D eigenvalue weighted by atomic mass is 16.7. The van der Waals surface area contributed by atoms with Gasteiger partial charge in [0.2, 0.25) is 17.8 Å². The normalized spacial score (nSPS) is 20.9. The maximum absolute atomic E-state index is 13.6. The second-order valence-corrected chi connectivity index (χ2v) is 10.6. The molecule has 2 aromatic heterocycles. The molecule has 1 saturated heterocycles. The van der Waals surface area contributed by atoms with Crippen molar-refractivity contribution >= 4 is 45.7 Å². The Morgan fingerprint density at radius 2 is 1.48 bits per heavy atom. The number of nitrogens with zero attached hydrogens (tertiary/aromatic N) is 1. The van der Waals surface area contributed by atoms with Crippen molar-refractivity contribution in [2.45, 2.75) is 65.3 Å². The van der Waals surface area contributed by atoms with E-state index in [2.05, 4.69) is 4.98 Å². The number of hydrogen-bond donors (Lipinski definition) is 0. The number of rotatable bonds is 8. The fourth-order valence-electron chi connectivity index (χ4n) is 5.28. The Hall–Kier alpha value is -5.30. The van der Waals surface area contributed by atoms with E-state index in [1.165, 1.54) is 25.1 Å². The molecule has 0 amide bonds. The highest BCUT2D eigenvalue weighted by Crippen LogP contribution is 2.32. The van der Waals surface area contributed by atoms with Crippen molar-refractivity contribution in [3.8, 4) is 17.0 Å². The van der Waals surface area contributed by atoms with Gasteiger partial charge in [0.25, 0.3) is 0 Å². The molecular formula is C33H31NO12. The van der Waals surface area contributed by atoms with Gasteiger partial charge in [-0.05, 0) is 31.2 Å². The summed E-state index contributed by atoms with van der Waals surface area (Å²) in [6.45, 7) is 5.80. The zero-order valence-electron chi connectivity index (χ0n) is 25.6. The number of para-hydroxylation sites is 1. The van der Waals surface area contributed by atoms with Crippen LogP contribution in [0.3, 0.4) is 0 Å². The third-order valence-electron chi connectivity index (χ3n) is 7.09. The average molecular weight is 634 g/mol. The van der Waals surface area contributed by atoms with Gasteiger partial charge < -0.3 is 32.8 Å². The lowest BCUT2D eigenvalue weighted by atomic mass is 9.98. The molecule has 46 heavy (non-hydrogen) atoms. The first-order valence-corrected chi connectivity index (χ1v) is 14.3. The van der Waals surface area contributed by atoms with E-state index in [0.29, 0.717) is 17.0 Å². The van der Waals surface area contributed by atoms with Crippen LogP contribution in [0.4, 0.5) is 0 Å². The quantitative estimate of drug-likeness (QED) is 0.203. The molecule has 0 radical (unpaired) electrons. The van der Waals surface area contributed by atoms with E-state index in [4.69, 9.17) is 32.8 Å². The van der Waals surface area contributed by atoms with E-state index in [9.17, 15) is 24.0 Å². The largest absolute Gasteiger partial charge is 0.463 e. The zero-order chi connectivity index (χ0) is 33.1. The Bertz CT molecular complexity index is 1880. The molecule has 13 heteroatoms. The summed E-state index contributed by atoms with van der Waals surface area (Å²) in [5, 5.41) is 1.18. The van der Waals surface area contributed by atoms with Crippen LogP contribution in [0.2, 0.25) is 0 Å². The number of aromatic nitrogens is 1. The molecule has 0 saturated carbocycles. The number of fused-ring (bicyclic) bond motifs is 2. The van der Waals surface area contributed by atoms with Gasteiger partial charge >= 0.3 is 23.9 Å². The molecule has 5 atom stereocenters. The van der Waals surface area contributed by atoms with Gasteiger partial charge in [0.05, 0.1) is 22.2 Å². The summed E-state index contributed by atoms with van der Waals surface area (Å²) in [6.07, 6.45) is -6.80. The minimum Gasteiger partial charge on any atom is -0.463 e. The summed E-state index contributed by atoms with van der Waals surface area (Å²) in [5.74, 6) is -2.48. The molecule has 2 aromatic carbocycles. The number of aryl methyl sites for hydroxylation is 1. The van der Waals surface area contributed by atoms with Gasteiger partial charge in [-0.3, -0.25) is 24.0 Å². The van der Waals surface area contributed by atoms with Crippen LogP contribution in [-0.4, -0.2) is 66.2 Å². The van der Waals surface area contributed by atoms with Crippen LogP contribution in [-0.2, 0) is 42.9 Å². The van der Waals surface area contributed by atoms with Gasteiger partial charge in [0.1, 0.15) is 29.8 Å². The molecule has 4 aromatic rings. The van der Waals surface area contributed by atoms with Gasteiger partial charge in [0.15, 0.2) is 12.2 Å². The second kappa shape index (κ2) is 13.4. The molecule has 240 valence electrons. The molecular weight excluding hydrogens is 602 g/mol. The standard InChI is InChI=1S/C33H31NO12/c1-16-28(25-13-10-21-8-6-7-9-24(21)34-25)29(39)23-12-11-22(14-26(23)41-16)45-33-32(44-20(5)38)31(43-19(4)37)30(42-18(3)36)27(46-33)15-40-17(2)35/h6-14,27,30-33H,15H2,1-5H3/t27-,30+,31+,32+,33+/m0/s1. The molecule has 1 aliphatic rings. The van der Waals surface area contributed by atoms with Gasteiger partial charge in [0, 0.05) is 39.1 Å². The van der Waals surface area contributed by atoms with E-state index < -0.39 is 61.2 Å². The van der Waals surface area contributed by atoms with Gasteiger partial charge in [-0.1, -0.05) is 24.3 Å². The van der Waals surface area contributed by atoms with Crippen LogP contribution >= 0.6 is 0 Å². The Labute approximate surface area is 262 Å². The fourth-order valence-corrected chi connectivity index (χ4v) is 5.28. The predicted molar refractivity (Wildman–Crippen MR) is 161 cm³/mol. The van der Waals surface area contributed by atoms with Gasteiger partial charge in [-0.15, -0.1) is 0 Å². The lowest BCUT2D eigenvalue weighted by Gasteiger charge is -2.43. The van der Waals surface area contributed by atoms with E-state index in [-0.39, 0.29) is 22.1 Å². The van der Waals surface area contributed by atoms with Crippen LogP contribution in [0.15, 0.2) is 63.8 Å². The molecule has 1 aliphatic heterocycles. The molecule has 0 spiro atoms. The van der Waals surface area contributed by atoms with Crippen molar-refractivity contribution < 1.29 is 52.0 Å². The smallest absolute Gasteiger partial charge is 0.303 e. The Morgan fingerprint density at radius 1 is 0.804 bits per heavy atom. The van der Waals surface area contributed by atoms with Crippen LogP contribution in [0.25, 0.3) is 33.1 Å². The summed E-state index contributed by atoms with van der Waals surface area (Å²) in [5.41, 5.74) is 1.39. The molecule has 3 heterocycles. The Balaban J connectivity index is 1.51. The third kappa shape index (κ3) is 6.99. The first-order chi connectivity index (χ1) is 21.9. The maximum atomic E-state index is 13.6. The van der Waals surface area contributed by atoms with Crippen molar-refractivity contribution in [2.75, 3.05) is 6.61 Å². The molecule has 0 unspecified atom stereocenters. The van der Waals surface area contributed by atoms with Crippen LogP contribution in [0, 0.1) is 6.92 Å². The second-order valence-electron chi connectivity index (χ2n) is 10.6. The highest BCUT2D eigenvalue weighted by Gasteiger charge is 2.53. The maximum Gasteiger partial charge on any atom is 0.303 e. The van der Waals surface area contributed by atoms with Gasteiger partial charge in [-0.2, -0.15) is 0 Å². The summed E-state index contributed by atoms with van der Waals surface area (Å²) in [4.78, 5) is 66.1. The molecule has 5 rings (SSSR count). The van der Waals surface area contributed by atoms with Crippen molar-refractivity contribution in [1.82, 2.24) is 4.98 Å². The molecule has 0 N–H and O–H groups in total. The van der Waals surface area contributed by atoms with E-state index in [1.54, 1.807) is 13.0 Å². The number of carbonyl (C=O) groups excluding carboxylic acids is 4. The summed E-state index contributed by atoms with van der Waals surface area (Å²) < 4.78 is 39.5. The minimum absolute atomic E-state index is 0.132. The average Bonchev–Trinajstić information content (AvgIpc) is 2.98. The number of pyridine rings is 1. The molecule has 13 nitrogen and oxygen atoms in total. The number of esters is 4. The Morgan fingerprint density at radius 3 is 2.17 bits per heavy atom. The Kier molecular flexibility index (Phi) is 9.33. The summed E-state index contributed by atoms with van der Waals surface area (Å²) in [7, 11) is 0. The monoisotopic (exact) mass is 633 g/mol. The first kappa shape index (κ1) is 32.1. The van der Waals surface area contributed by atoms with Crippen molar-refractivity contribution in [3.05, 3.63) is 70.6 Å². The minimum atomic E-state index is -1.45. The van der Waals surface area contributed by atoms with E-state index >= 15 is 0 Å². The lowest BCUT2D eigenvalue weighted by Crippen LogP contribution is -2.63. The van der Waals surface area contributed by atoms with E-state index in [0.717, 1.165) is 31.7 Å². The van der Waals surface area contributed by atoms with Crippen molar-refractivity contribution in [1.29, 1.82) is 0 Å². The highest BCUT2D eigenvalue weighted by molar-refractivity contribution is 5.86. The summed E-state index contributed by atoms with van der Waals surface area (Å²) in [6, 6.07) is 15.6. The van der Waals surface area contributed by atoms with E-state index in [1.807, 2.05) is 30.3 Å². The zero-order valence-corrected chi connectivity index (χ0v) is 25.6.